The van der Waals surface area contributed by atoms with E-state index in [0.717, 1.165) is 31.4 Å². The summed E-state index contributed by atoms with van der Waals surface area (Å²) in [5.74, 6) is -0.0264. The summed E-state index contributed by atoms with van der Waals surface area (Å²) in [4.78, 5) is 33.4. The molecule has 0 aliphatic carbocycles. The first kappa shape index (κ1) is 17.6. The number of rotatable bonds is 4. The second-order valence-electron chi connectivity index (χ2n) is 7.04. The van der Waals surface area contributed by atoms with Crippen molar-refractivity contribution < 1.29 is 4.79 Å². The number of carbonyl (C=O) groups is 1. The maximum absolute atomic E-state index is 12.8. The fourth-order valence-corrected chi connectivity index (χ4v) is 3.52. The van der Waals surface area contributed by atoms with Crippen LogP contribution in [-0.4, -0.2) is 57.5 Å². The molecule has 1 aromatic carbocycles. The number of hydrogen-bond donors (Lipinski definition) is 0. The monoisotopic (exact) mass is 342 g/mol. The van der Waals surface area contributed by atoms with Crippen LogP contribution in [0.1, 0.15) is 26.7 Å². The molecule has 0 bridgehead atoms. The van der Waals surface area contributed by atoms with E-state index in [9.17, 15) is 9.59 Å². The molecule has 1 saturated heterocycles. The minimum atomic E-state index is -0.241. The van der Waals surface area contributed by atoms with Gasteiger partial charge in [0.15, 0.2) is 0 Å². The number of carbonyl (C=O) groups excluding carboxylic acids is 1. The lowest BCUT2D eigenvalue weighted by molar-refractivity contribution is -0.133. The molecule has 1 amide bonds. The minimum Gasteiger partial charge on any atom is -0.341 e. The summed E-state index contributed by atoms with van der Waals surface area (Å²) in [5.41, 5.74) is 1.18. The van der Waals surface area contributed by atoms with Crippen LogP contribution in [-0.2, 0) is 11.3 Å². The van der Waals surface area contributed by atoms with E-state index in [1.54, 1.807) is 0 Å². The highest BCUT2D eigenvalue weighted by Gasteiger charge is 2.26. The van der Waals surface area contributed by atoms with E-state index in [0.29, 0.717) is 11.6 Å². The van der Waals surface area contributed by atoms with Gasteiger partial charge in [-0.25, -0.2) is 4.98 Å². The summed E-state index contributed by atoms with van der Waals surface area (Å²) in [5, 5.41) is 0. The van der Waals surface area contributed by atoms with Crippen molar-refractivity contribution in [1.82, 2.24) is 19.4 Å². The third-order valence-corrected chi connectivity index (χ3v) is 5.22. The number of aromatic nitrogens is 2. The second-order valence-corrected chi connectivity index (χ2v) is 7.04. The van der Waals surface area contributed by atoms with Crippen molar-refractivity contribution >= 4 is 16.9 Å². The van der Waals surface area contributed by atoms with Crippen LogP contribution < -0.4 is 5.56 Å². The summed E-state index contributed by atoms with van der Waals surface area (Å²) in [6.07, 6.45) is 3.25. The van der Waals surface area contributed by atoms with E-state index >= 15 is 0 Å². The molecule has 6 heteroatoms. The zero-order valence-electron chi connectivity index (χ0n) is 15.2. The fourth-order valence-electron chi connectivity index (χ4n) is 3.52. The molecule has 1 aliphatic rings. The van der Waals surface area contributed by atoms with E-state index in [2.05, 4.69) is 23.7 Å². The molecule has 0 N–H and O–H groups in total. The van der Waals surface area contributed by atoms with Crippen molar-refractivity contribution in [3.05, 3.63) is 40.8 Å². The first-order valence-electron chi connectivity index (χ1n) is 8.91. The molecule has 0 spiro atoms. The molecule has 25 heavy (non-hydrogen) atoms. The number of likely N-dealkylation sites (N-methyl/N-ethyl adjacent to an activating group) is 1. The number of nitrogens with zero attached hydrogens (tertiary/aromatic N) is 4. The van der Waals surface area contributed by atoms with Crippen LogP contribution in [0.5, 0.6) is 0 Å². The zero-order chi connectivity index (χ0) is 18.0. The highest BCUT2D eigenvalue weighted by atomic mass is 16.2. The van der Waals surface area contributed by atoms with Crippen molar-refractivity contribution in [2.45, 2.75) is 45.3 Å². The van der Waals surface area contributed by atoms with Crippen molar-refractivity contribution in [1.29, 1.82) is 0 Å². The van der Waals surface area contributed by atoms with Crippen LogP contribution in [0.4, 0.5) is 0 Å². The standard InChI is InChI=1S/C19H26N4O2/c1-14(2)22-10-8-15(9-11-22)21(3)19(25)13-23-17-7-5-4-6-16(17)20-12-18(23)24/h4-7,12,14-15H,8-11,13H2,1-3H3. The molecule has 0 radical (unpaired) electrons. The van der Waals surface area contributed by atoms with E-state index in [-0.39, 0.29) is 24.1 Å². The second kappa shape index (κ2) is 7.35. The Balaban J connectivity index is 1.73. The van der Waals surface area contributed by atoms with Gasteiger partial charge in [-0.2, -0.15) is 0 Å². The lowest BCUT2D eigenvalue weighted by Gasteiger charge is -2.38. The molecule has 1 aliphatic heterocycles. The Morgan fingerprint density at radius 1 is 1.28 bits per heavy atom. The molecule has 134 valence electrons. The van der Waals surface area contributed by atoms with Crippen LogP contribution in [0.3, 0.4) is 0 Å². The Morgan fingerprint density at radius 2 is 1.96 bits per heavy atom. The fraction of sp³-hybridized carbons (Fsp3) is 0.526. The van der Waals surface area contributed by atoms with Crippen LogP contribution in [0.15, 0.2) is 35.3 Å². The predicted molar refractivity (Wildman–Crippen MR) is 98.5 cm³/mol. The SMILES string of the molecule is CC(C)N1CCC(N(C)C(=O)Cn2c(=O)cnc3ccccc32)CC1. The van der Waals surface area contributed by atoms with Crippen molar-refractivity contribution in [3.63, 3.8) is 0 Å². The third kappa shape index (κ3) is 3.74. The van der Waals surface area contributed by atoms with Gasteiger partial charge in [0.25, 0.3) is 5.56 Å². The van der Waals surface area contributed by atoms with Crippen LogP contribution in [0.25, 0.3) is 11.0 Å². The third-order valence-electron chi connectivity index (χ3n) is 5.22. The summed E-state index contributed by atoms with van der Waals surface area (Å²) >= 11 is 0. The Hall–Kier alpha value is -2.21. The van der Waals surface area contributed by atoms with Crippen LogP contribution in [0, 0.1) is 0 Å². The van der Waals surface area contributed by atoms with E-state index in [4.69, 9.17) is 0 Å². The Labute approximate surface area is 148 Å². The van der Waals surface area contributed by atoms with Gasteiger partial charge < -0.3 is 9.80 Å². The lowest BCUT2D eigenvalue weighted by atomic mass is 10.0. The lowest BCUT2D eigenvalue weighted by Crippen LogP contribution is -2.48. The molecule has 2 aromatic rings. The molecule has 1 fully saturated rings. The maximum atomic E-state index is 12.8. The summed E-state index contributed by atoms with van der Waals surface area (Å²) in [7, 11) is 1.85. The van der Waals surface area contributed by atoms with Gasteiger partial charge in [0.05, 0.1) is 17.2 Å². The van der Waals surface area contributed by atoms with Gasteiger partial charge in [0, 0.05) is 32.2 Å². The summed E-state index contributed by atoms with van der Waals surface area (Å²) in [6, 6.07) is 8.20. The van der Waals surface area contributed by atoms with Gasteiger partial charge in [0.1, 0.15) is 6.54 Å². The smallest absolute Gasteiger partial charge is 0.269 e. The van der Waals surface area contributed by atoms with E-state index in [1.807, 2.05) is 36.2 Å². The molecule has 0 unspecified atom stereocenters. The van der Waals surface area contributed by atoms with E-state index in [1.165, 1.54) is 10.8 Å². The zero-order valence-corrected chi connectivity index (χ0v) is 15.2. The molecule has 3 rings (SSSR count). The summed E-state index contributed by atoms with van der Waals surface area (Å²) < 4.78 is 1.52. The minimum absolute atomic E-state index is 0.0264. The number of para-hydroxylation sites is 2. The van der Waals surface area contributed by atoms with Gasteiger partial charge in [-0.05, 0) is 38.8 Å². The molecular formula is C19H26N4O2. The maximum Gasteiger partial charge on any atom is 0.269 e. The average Bonchev–Trinajstić information content (AvgIpc) is 2.63. The normalized spacial score (nSPS) is 16.5. The average molecular weight is 342 g/mol. The Bertz CT molecular complexity index is 806. The number of benzene rings is 1. The topological polar surface area (TPSA) is 58.4 Å². The van der Waals surface area contributed by atoms with Gasteiger partial charge in [-0.15, -0.1) is 0 Å². The quantitative estimate of drug-likeness (QED) is 0.849. The Morgan fingerprint density at radius 3 is 2.64 bits per heavy atom. The number of likely N-dealkylation sites (tertiary alicyclic amines) is 1. The van der Waals surface area contributed by atoms with Crippen LogP contribution >= 0.6 is 0 Å². The largest absolute Gasteiger partial charge is 0.341 e. The summed E-state index contributed by atoms with van der Waals surface area (Å²) in [6.45, 7) is 6.49. The molecule has 0 atom stereocenters. The number of amides is 1. The predicted octanol–water partition coefficient (Wildman–Crippen LogP) is 1.73. The molecule has 6 nitrogen and oxygen atoms in total. The number of fused-ring (bicyclic) bond motifs is 1. The van der Waals surface area contributed by atoms with Gasteiger partial charge in [-0.3, -0.25) is 14.2 Å². The first-order chi connectivity index (χ1) is 12.0. The number of piperidine rings is 1. The highest BCUT2D eigenvalue weighted by molar-refractivity contribution is 5.80. The molecule has 0 saturated carbocycles. The van der Waals surface area contributed by atoms with Gasteiger partial charge in [0.2, 0.25) is 5.91 Å². The van der Waals surface area contributed by atoms with Gasteiger partial charge in [-0.1, -0.05) is 12.1 Å². The Kier molecular flexibility index (Phi) is 5.18. The van der Waals surface area contributed by atoms with Crippen molar-refractivity contribution in [2.75, 3.05) is 20.1 Å². The highest BCUT2D eigenvalue weighted by Crippen LogP contribution is 2.18. The molecule has 1 aromatic heterocycles. The van der Waals surface area contributed by atoms with Gasteiger partial charge >= 0.3 is 0 Å². The van der Waals surface area contributed by atoms with Crippen molar-refractivity contribution in [2.24, 2.45) is 0 Å². The first-order valence-corrected chi connectivity index (χ1v) is 8.91. The number of hydrogen-bond acceptors (Lipinski definition) is 4. The van der Waals surface area contributed by atoms with Crippen molar-refractivity contribution in [3.8, 4) is 0 Å². The van der Waals surface area contributed by atoms with E-state index < -0.39 is 0 Å². The molecule has 2 heterocycles. The van der Waals surface area contributed by atoms with Crippen LogP contribution in [0.2, 0.25) is 0 Å². The molecular weight excluding hydrogens is 316 g/mol.